The third-order valence-electron chi connectivity index (χ3n) is 4.32. The molecule has 0 aliphatic heterocycles. The quantitative estimate of drug-likeness (QED) is 0.413. The van der Waals surface area contributed by atoms with Crippen LogP contribution >= 0.6 is 30.0 Å². The van der Waals surface area contributed by atoms with E-state index in [9.17, 15) is 14.6 Å². The Morgan fingerprint density at radius 1 is 1.23 bits per heavy atom. The van der Waals surface area contributed by atoms with Crippen molar-refractivity contribution in [2.24, 2.45) is 0 Å². The van der Waals surface area contributed by atoms with E-state index in [1.165, 1.54) is 12.2 Å². The van der Waals surface area contributed by atoms with Crippen LogP contribution in [0.3, 0.4) is 0 Å². The number of ether oxygens (including phenoxy) is 1. The molecule has 6 heteroatoms. The number of benzene rings is 2. The monoisotopic (exact) mass is 488 g/mol. The van der Waals surface area contributed by atoms with Crippen molar-refractivity contribution in [3.8, 4) is 11.5 Å². The van der Waals surface area contributed by atoms with Gasteiger partial charge in [-0.25, -0.2) is 0 Å². The van der Waals surface area contributed by atoms with E-state index in [0.29, 0.717) is 11.5 Å². The van der Waals surface area contributed by atoms with Crippen LogP contribution in [0.15, 0.2) is 24.3 Å². The molecule has 0 aromatic heterocycles. The van der Waals surface area contributed by atoms with E-state index in [-0.39, 0.29) is 12.3 Å². The van der Waals surface area contributed by atoms with Crippen LogP contribution in [0.2, 0.25) is 0 Å². The Balaban J connectivity index is 2.34. The highest BCUT2D eigenvalue weighted by Gasteiger charge is 2.17. The van der Waals surface area contributed by atoms with E-state index in [0.717, 1.165) is 32.2 Å². The Morgan fingerprint density at radius 2 is 1.88 bits per heavy atom. The van der Waals surface area contributed by atoms with Crippen LogP contribution in [-0.4, -0.2) is 23.0 Å². The van der Waals surface area contributed by atoms with Gasteiger partial charge in [0.05, 0.1) is 3.57 Å². The molecule has 0 amide bonds. The fourth-order valence-electron chi connectivity index (χ4n) is 2.86. The van der Waals surface area contributed by atoms with Crippen molar-refractivity contribution in [3.63, 3.8) is 0 Å². The summed E-state index contributed by atoms with van der Waals surface area (Å²) >= 11 is 2.24. The summed E-state index contributed by atoms with van der Waals surface area (Å²) in [5, 5.41) is 10.0. The van der Waals surface area contributed by atoms with Gasteiger partial charge in [-0.05, 0) is 82.7 Å². The molecule has 0 bridgehead atoms. The van der Waals surface area contributed by atoms with Crippen molar-refractivity contribution >= 4 is 30.0 Å². The molecule has 4 nitrogen and oxygen atoms in total. The zero-order valence-electron chi connectivity index (χ0n) is 15.8. The zero-order valence-corrected chi connectivity index (χ0v) is 18.9. The predicted octanol–water partition coefficient (Wildman–Crippen LogP) is 5.56. The molecular weight excluding hydrogens is 462 g/mol. The van der Waals surface area contributed by atoms with E-state index in [4.69, 9.17) is 4.74 Å². The van der Waals surface area contributed by atoms with Crippen LogP contribution in [0, 0.1) is 17.4 Å². The molecule has 0 saturated carbocycles. The number of rotatable bonds is 6. The largest absolute Gasteiger partial charge is 0.508 e. The number of aryl methyl sites for hydroxylation is 1. The predicted molar refractivity (Wildman–Crippen MR) is 115 cm³/mol. The number of hydrogen-bond donors (Lipinski definition) is 2. The number of aromatic hydroxyl groups is 1. The van der Waals surface area contributed by atoms with Gasteiger partial charge in [-0.1, -0.05) is 32.0 Å². The summed E-state index contributed by atoms with van der Waals surface area (Å²) in [6, 6.07) is 7.85. The Hall–Kier alpha value is -1.04. The van der Waals surface area contributed by atoms with Crippen LogP contribution in [0.25, 0.3) is 0 Å². The summed E-state index contributed by atoms with van der Waals surface area (Å²) in [5.41, 5.74) is 5.34. The summed E-state index contributed by atoms with van der Waals surface area (Å²) in [5.74, 6) is 1.27. The maximum Gasteiger partial charge on any atom is 0.233 e. The maximum atomic E-state index is 11.5. The number of phenols is 1. The molecule has 2 aromatic carbocycles. The minimum atomic E-state index is -3.22. The Bertz CT molecular complexity index is 855. The molecule has 26 heavy (non-hydrogen) atoms. The summed E-state index contributed by atoms with van der Waals surface area (Å²) in [4.78, 5) is 9.48. The van der Waals surface area contributed by atoms with Gasteiger partial charge in [-0.2, -0.15) is 0 Å². The lowest BCUT2D eigenvalue weighted by Gasteiger charge is -2.18. The van der Waals surface area contributed by atoms with Crippen LogP contribution < -0.4 is 4.74 Å². The van der Waals surface area contributed by atoms with Crippen molar-refractivity contribution in [2.45, 2.75) is 40.0 Å². The van der Waals surface area contributed by atoms with Gasteiger partial charge < -0.3 is 14.7 Å². The van der Waals surface area contributed by atoms with Gasteiger partial charge >= 0.3 is 0 Å². The molecule has 0 saturated heterocycles. The molecule has 0 radical (unpaired) electrons. The Kier molecular flexibility index (Phi) is 6.81. The standard InChI is InChI=1S/C20H26IO4P/c1-12(2)17-10-15(6-7-18(17)22)9-16-8-13(3)20(19(21)14(16)4)25-11-26(5,23)24/h6-8,10,12,22H,9,11H2,1-5H3,(H,23,24). The van der Waals surface area contributed by atoms with E-state index in [1.54, 1.807) is 6.07 Å². The zero-order chi connectivity index (χ0) is 19.6. The second kappa shape index (κ2) is 8.32. The first-order chi connectivity index (χ1) is 12.0. The van der Waals surface area contributed by atoms with Crippen LogP contribution in [-0.2, 0) is 11.0 Å². The van der Waals surface area contributed by atoms with Gasteiger partial charge in [0.25, 0.3) is 0 Å². The maximum absolute atomic E-state index is 11.5. The number of halogens is 1. The molecular formula is C20H26IO4P. The molecule has 2 aromatic rings. The first-order valence-electron chi connectivity index (χ1n) is 8.52. The second-order valence-corrected chi connectivity index (χ2v) is 10.6. The van der Waals surface area contributed by atoms with Crippen LogP contribution in [0.5, 0.6) is 11.5 Å². The lowest BCUT2D eigenvalue weighted by Crippen LogP contribution is -2.05. The lowest BCUT2D eigenvalue weighted by molar-refractivity contribution is 0.348. The molecule has 0 aliphatic rings. The van der Waals surface area contributed by atoms with Gasteiger partial charge in [0.2, 0.25) is 7.37 Å². The molecule has 0 aliphatic carbocycles. The molecule has 2 N–H and O–H groups in total. The average molecular weight is 488 g/mol. The SMILES string of the molecule is Cc1cc(Cc2ccc(O)c(C(C)C)c2)c(C)c(I)c1OCP(C)(=O)O. The highest BCUT2D eigenvalue weighted by atomic mass is 127. The summed E-state index contributed by atoms with van der Waals surface area (Å²) in [7, 11) is -3.22. The minimum Gasteiger partial charge on any atom is -0.508 e. The van der Waals surface area contributed by atoms with Crippen molar-refractivity contribution in [3.05, 3.63) is 55.7 Å². The van der Waals surface area contributed by atoms with E-state index in [2.05, 4.69) is 48.6 Å². The normalized spacial score (nSPS) is 13.7. The average Bonchev–Trinajstić information content (AvgIpc) is 2.52. The minimum absolute atomic E-state index is 0.182. The van der Waals surface area contributed by atoms with E-state index < -0.39 is 7.37 Å². The first-order valence-corrected chi connectivity index (χ1v) is 11.9. The molecule has 2 rings (SSSR count). The smallest absolute Gasteiger partial charge is 0.233 e. The number of hydrogen-bond acceptors (Lipinski definition) is 3. The van der Waals surface area contributed by atoms with Crippen molar-refractivity contribution in [2.75, 3.05) is 13.0 Å². The van der Waals surface area contributed by atoms with Crippen LogP contribution in [0.4, 0.5) is 0 Å². The molecule has 0 fully saturated rings. The van der Waals surface area contributed by atoms with Gasteiger partial charge in [-0.3, -0.25) is 4.57 Å². The summed E-state index contributed by atoms with van der Waals surface area (Å²) < 4.78 is 18.1. The van der Waals surface area contributed by atoms with Crippen molar-refractivity contribution in [1.82, 2.24) is 0 Å². The first kappa shape index (κ1) is 21.3. The van der Waals surface area contributed by atoms with Crippen LogP contribution in [0.1, 0.15) is 47.6 Å². The fourth-order valence-corrected chi connectivity index (χ4v) is 4.16. The number of phenolic OH excluding ortho intramolecular Hbond substituents is 1. The molecule has 1 unspecified atom stereocenters. The van der Waals surface area contributed by atoms with Crippen molar-refractivity contribution in [1.29, 1.82) is 0 Å². The highest BCUT2D eigenvalue weighted by molar-refractivity contribution is 14.1. The Morgan fingerprint density at radius 3 is 2.46 bits per heavy atom. The van der Waals surface area contributed by atoms with Gasteiger partial charge in [0.1, 0.15) is 11.5 Å². The van der Waals surface area contributed by atoms with Crippen molar-refractivity contribution < 1.29 is 19.3 Å². The third-order valence-corrected chi connectivity index (χ3v) is 6.22. The Labute approximate surface area is 169 Å². The summed E-state index contributed by atoms with van der Waals surface area (Å²) in [6.45, 7) is 9.42. The highest BCUT2D eigenvalue weighted by Crippen LogP contribution is 2.39. The van der Waals surface area contributed by atoms with E-state index >= 15 is 0 Å². The van der Waals surface area contributed by atoms with Gasteiger partial charge in [0.15, 0.2) is 6.35 Å². The van der Waals surface area contributed by atoms with E-state index in [1.807, 2.05) is 19.9 Å². The summed E-state index contributed by atoms with van der Waals surface area (Å²) in [6.07, 6.45) is 0.577. The molecule has 1 atom stereocenters. The molecule has 0 spiro atoms. The van der Waals surface area contributed by atoms with Gasteiger partial charge in [-0.15, -0.1) is 0 Å². The topological polar surface area (TPSA) is 66.8 Å². The second-order valence-electron chi connectivity index (χ2n) is 7.17. The lowest BCUT2D eigenvalue weighted by atomic mass is 9.94. The molecule has 0 heterocycles. The van der Waals surface area contributed by atoms with Gasteiger partial charge in [0, 0.05) is 6.66 Å². The molecule has 142 valence electrons. The third kappa shape index (κ3) is 5.24. The fraction of sp³-hybridized carbons (Fsp3) is 0.400.